The van der Waals surface area contributed by atoms with Gasteiger partial charge in [-0.05, 0) is 12.1 Å². The molecule has 4 aromatic rings. The minimum Gasteiger partial charge on any atom is -0.345 e. The molecule has 0 radical (unpaired) electrons. The molecule has 122 valence electrons. The van der Waals surface area contributed by atoms with E-state index in [1.54, 1.807) is 23.1 Å². The van der Waals surface area contributed by atoms with Gasteiger partial charge in [0.25, 0.3) is 0 Å². The van der Waals surface area contributed by atoms with Crippen LogP contribution in [-0.4, -0.2) is 35.7 Å². The molecule has 1 N–H and O–H groups in total. The second-order valence-corrected chi connectivity index (χ2v) is 5.31. The maximum atomic E-state index is 12.3. The number of rotatable bonds is 3. The van der Waals surface area contributed by atoms with Crippen molar-refractivity contribution in [1.29, 1.82) is 0 Å². The molecule has 6 nitrogen and oxygen atoms in total. The molecule has 24 heavy (non-hydrogen) atoms. The van der Waals surface area contributed by atoms with Gasteiger partial charge in [0.15, 0.2) is 5.65 Å². The molecule has 0 aliphatic heterocycles. The Morgan fingerprint density at radius 1 is 1.17 bits per heavy atom. The van der Waals surface area contributed by atoms with Crippen LogP contribution in [0.25, 0.3) is 27.9 Å². The molecular weight excluding hydrogens is 321 g/mol. The first-order valence-electron chi connectivity index (χ1n) is 7.20. The van der Waals surface area contributed by atoms with Gasteiger partial charge >= 0.3 is 6.18 Å². The van der Waals surface area contributed by atoms with Gasteiger partial charge in [0.2, 0.25) is 0 Å². The number of imidazole rings is 1. The van der Waals surface area contributed by atoms with E-state index in [1.165, 1.54) is 6.20 Å². The summed E-state index contributed by atoms with van der Waals surface area (Å²) in [4.78, 5) is 15.3. The van der Waals surface area contributed by atoms with Gasteiger partial charge in [-0.3, -0.25) is 0 Å². The van der Waals surface area contributed by atoms with Crippen LogP contribution in [0, 0.1) is 0 Å². The molecular formula is C15H11F3N6. The fraction of sp³-hybridized carbons (Fsp3) is 0.200. The van der Waals surface area contributed by atoms with E-state index in [0.717, 1.165) is 11.2 Å². The molecule has 0 spiro atoms. The van der Waals surface area contributed by atoms with Crippen molar-refractivity contribution in [3.8, 4) is 11.3 Å². The minimum absolute atomic E-state index is 0.159. The molecule has 0 amide bonds. The first-order chi connectivity index (χ1) is 11.5. The maximum absolute atomic E-state index is 12.3. The van der Waals surface area contributed by atoms with E-state index in [2.05, 4.69) is 25.0 Å². The number of nitrogens with zero attached hydrogens (tertiary/aromatic N) is 5. The average Bonchev–Trinajstić information content (AvgIpc) is 3.17. The number of H-pyrrole nitrogens is 1. The first-order valence-corrected chi connectivity index (χ1v) is 7.20. The molecule has 0 saturated carbocycles. The zero-order valence-corrected chi connectivity index (χ0v) is 12.2. The van der Waals surface area contributed by atoms with Crippen molar-refractivity contribution >= 4 is 16.7 Å². The molecule has 0 aromatic carbocycles. The largest absolute Gasteiger partial charge is 0.389 e. The Balaban J connectivity index is 1.69. The van der Waals surface area contributed by atoms with E-state index in [0.29, 0.717) is 16.7 Å². The number of fused-ring (bicyclic) bond motifs is 2. The highest BCUT2D eigenvalue weighted by Gasteiger charge is 2.27. The van der Waals surface area contributed by atoms with Gasteiger partial charge in [-0.25, -0.2) is 19.5 Å². The van der Waals surface area contributed by atoms with E-state index in [-0.39, 0.29) is 12.2 Å². The number of halogens is 3. The smallest absolute Gasteiger partial charge is 0.345 e. The minimum atomic E-state index is -4.22. The van der Waals surface area contributed by atoms with E-state index in [9.17, 15) is 13.2 Å². The Kier molecular flexibility index (Phi) is 3.22. The summed E-state index contributed by atoms with van der Waals surface area (Å²) in [5.74, 6) is 0.159. The Labute approximate surface area is 133 Å². The molecule has 0 atom stereocenters. The van der Waals surface area contributed by atoms with E-state index in [1.807, 2.05) is 12.1 Å². The quantitative estimate of drug-likeness (QED) is 0.625. The molecule has 0 unspecified atom stereocenters. The zero-order chi connectivity index (χ0) is 16.7. The number of aromatic nitrogens is 6. The van der Waals surface area contributed by atoms with Crippen molar-refractivity contribution in [2.45, 2.75) is 19.0 Å². The van der Waals surface area contributed by atoms with Gasteiger partial charge in [-0.1, -0.05) is 0 Å². The Morgan fingerprint density at radius 3 is 2.88 bits per heavy atom. The number of aromatic amines is 1. The fourth-order valence-corrected chi connectivity index (χ4v) is 2.49. The molecule has 9 heteroatoms. The SMILES string of the molecule is FC(F)(F)CCc1ncc2c(-c3ccc4nccn4n3)c[nH]c2n1. The predicted molar refractivity (Wildman–Crippen MR) is 80.2 cm³/mol. The third kappa shape index (κ3) is 2.68. The Morgan fingerprint density at radius 2 is 2.04 bits per heavy atom. The normalized spacial score (nSPS) is 12.3. The van der Waals surface area contributed by atoms with Gasteiger partial charge in [-0.2, -0.15) is 18.3 Å². The topological polar surface area (TPSA) is 71.8 Å². The lowest BCUT2D eigenvalue weighted by Gasteiger charge is -2.05. The summed E-state index contributed by atoms with van der Waals surface area (Å²) in [5, 5.41) is 5.15. The van der Waals surface area contributed by atoms with Gasteiger partial charge in [0, 0.05) is 42.2 Å². The number of nitrogens with one attached hydrogen (secondary N) is 1. The summed E-state index contributed by atoms with van der Waals surface area (Å²) in [6.45, 7) is 0. The van der Waals surface area contributed by atoms with Gasteiger partial charge < -0.3 is 4.98 Å². The molecule has 0 bridgehead atoms. The third-order valence-corrected chi connectivity index (χ3v) is 3.65. The maximum Gasteiger partial charge on any atom is 0.389 e. The molecule has 0 aliphatic rings. The van der Waals surface area contributed by atoms with Gasteiger partial charge in [0.05, 0.1) is 12.1 Å². The second-order valence-electron chi connectivity index (χ2n) is 5.31. The van der Waals surface area contributed by atoms with Crippen molar-refractivity contribution in [2.24, 2.45) is 0 Å². The first kappa shape index (κ1) is 14.6. The van der Waals surface area contributed by atoms with Crippen LogP contribution in [0.2, 0.25) is 0 Å². The van der Waals surface area contributed by atoms with Crippen LogP contribution in [0.3, 0.4) is 0 Å². The van der Waals surface area contributed by atoms with Crippen LogP contribution in [0.1, 0.15) is 12.2 Å². The van der Waals surface area contributed by atoms with E-state index >= 15 is 0 Å². The zero-order valence-electron chi connectivity index (χ0n) is 12.2. The van der Waals surface area contributed by atoms with Crippen LogP contribution < -0.4 is 0 Å². The van der Waals surface area contributed by atoms with Crippen LogP contribution in [0.15, 0.2) is 36.9 Å². The van der Waals surface area contributed by atoms with Crippen molar-refractivity contribution < 1.29 is 13.2 Å². The van der Waals surface area contributed by atoms with E-state index < -0.39 is 12.6 Å². The lowest BCUT2D eigenvalue weighted by molar-refractivity contribution is -0.134. The number of hydrogen-bond acceptors (Lipinski definition) is 4. The average molecular weight is 332 g/mol. The molecule has 0 fully saturated rings. The van der Waals surface area contributed by atoms with E-state index in [4.69, 9.17) is 0 Å². The molecule has 4 aromatic heterocycles. The van der Waals surface area contributed by atoms with Crippen LogP contribution in [0.4, 0.5) is 13.2 Å². The second kappa shape index (κ2) is 5.29. The summed E-state index contributed by atoms with van der Waals surface area (Å²) < 4.78 is 38.6. The van der Waals surface area contributed by atoms with Crippen LogP contribution in [0.5, 0.6) is 0 Å². The highest BCUT2D eigenvalue weighted by molar-refractivity contribution is 5.91. The number of alkyl halides is 3. The molecule has 0 aliphatic carbocycles. The summed E-state index contributed by atoms with van der Waals surface area (Å²) in [7, 11) is 0. The third-order valence-electron chi connectivity index (χ3n) is 3.65. The monoisotopic (exact) mass is 332 g/mol. The van der Waals surface area contributed by atoms with Gasteiger partial charge in [-0.15, -0.1) is 0 Å². The summed E-state index contributed by atoms with van der Waals surface area (Å²) in [5.41, 5.74) is 2.69. The highest BCUT2D eigenvalue weighted by atomic mass is 19.4. The number of hydrogen-bond donors (Lipinski definition) is 1. The Hall–Kier alpha value is -2.97. The van der Waals surface area contributed by atoms with Crippen molar-refractivity contribution in [3.63, 3.8) is 0 Å². The molecule has 4 heterocycles. The lowest BCUT2D eigenvalue weighted by atomic mass is 10.2. The summed E-state index contributed by atoms with van der Waals surface area (Å²) >= 11 is 0. The summed E-state index contributed by atoms with van der Waals surface area (Å²) in [6, 6.07) is 3.65. The molecule has 4 rings (SSSR count). The van der Waals surface area contributed by atoms with Crippen molar-refractivity contribution in [2.75, 3.05) is 0 Å². The summed E-state index contributed by atoms with van der Waals surface area (Å²) in [6.07, 6.45) is 1.23. The standard InChI is InChI=1S/C15H11F3N6/c16-15(17,18)4-3-12-20-8-10-9(7-21-14(10)22-12)11-1-2-13-19-5-6-24(13)23-11/h1-2,5-8H,3-4H2,(H,20,21,22). The predicted octanol–water partition coefficient (Wildman–Crippen LogP) is 3.16. The molecule has 0 saturated heterocycles. The van der Waals surface area contributed by atoms with Crippen LogP contribution >= 0.6 is 0 Å². The van der Waals surface area contributed by atoms with Crippen molar-refractivity contribution in [1.82, 2.24) is 29.5 Å². The Bertz CT molecular complexity index is 1020. The highest BCUT2D eigenvalue weighted by Crippen LogP contribution is 2.26. The van der Waals surface area contributed by atoms with Gasteiger partial charge in [0.1, 0.15) is 11.5 Å². The fourth-order valence-electron chi connectivity index (χ4n) is 2.49. The van der Waals surface area contributed by atoms with Crippen LogP contribution in [-0.2, 0) is 6.42 Å². The van der Waals surface area contributed by atoms with Crippen molar-refractivity contribution in [3.05, 3.63) is 42.7 Å². The number of aryl methyl sites for hydroxylation is 1. The lowest BCUT2D eigenvalue weighted by Crippen LogP contribution is -2.10.